The summed E-state index contributed by atoms with van der Waals surface area (Å²) in [5.74, 6) is 0. The molecule has 0 saturated carbocycles. The lowest BCUT2D eigenvalue weighted by Crippen LogP contribution is -2.23. The van der Waals surface area contributed by atoms with Gasteiger partial charge in [0, 0.05) is 32.1 Å². The van der Waals surface area contributed by atoms with Gasteiger partial charge in [0.05, 0.1) is 18.0 Å². The molecule has 0 atom stereocenters. The Morgan fingerprint density at radius 1 is 1.62 bits per heavy atom. The molecule has 0 fully saturated rings. The predicted octanol–water partition coefficient (Wildman–Crippen LogP) is -0.0823. The van der Waals surface area contributed by atoms with Crippen molar-refractivity contribution in [2.24, 2.45) is 5.73 Å². The van der Waals surface area contributed by atoms with Crippen LogP contribution in [0, 0.1) is 11.3 Å². The maximum Gasteiger partial charge on any atom is 0.268 e. The van der Waals surface area contributed by atoms with Crippen LogP contribution in [0.1, 0.15) is 12.8 Å². The normalized spacial score (nSPS) is 9.75. The molecule has 86 valence electrons. The first-order valence-corrected chi connectivity index (χ1v) is 5.16. The van der Waals surface area contributed by atoms with Crippen molar-refractivity contribution < 1.29 is 0 Å². The van der Waals surface area contributed by atoms with Gasteiger partial charge >= 0.3 is 0 Å². The molecule has 16 heavy (non-hydrogen) atoms. The monoisotopic (exact) mass is 221 g/mol. The summed E-state index contributed by atoms with van der Waals surface area (Å²) in [7, 11) is 0. The second-order valence-corrected chi connectivity index (χ2v) is 3.28. The minimum Gasteiger partial charge on any atom is -0.382 e. The number of hydrogen-bond acceptors (Lipinski definition) is 5. The Morgan fingerprint density at radius 3 is 3.06 bits per heavy atom. The number of nitrogens with two attached hydrogens (primary N) is 1. The molecule has 0 amide bonds. The summed E-state index contributed by atoms with van der Waals surface area (Å²) in [5, 5.41) is 15.3. The van der Waals surface area contributed by atoms with Gasteiger partial charge in [-0.1, -0.05) is 0 Å². The Morgan fingerprint density at radius 2 is 2.44 bits per heavy atom. The molecule has 0 spiro atoms. The zero-order chi connectivity index (χ0) is 11.8. The van der Waals surface area contributed by atoms with Crippen LogP contribution >= 0.6 is 0 Å². The molecular weight excluding hydrogens is 206 g/mol. The number of nitrogens with zero attached hydrogens (tertiary/aromatic N) is 3. The molecule has 0 aliphatic carbocycles. The number of nitriles is 1. The SMILES string of the molecule is N#CCCCn1ncc(NCCN)cc1=O. The lowest BCUT2D eigenvalue weighted by Gasteiger charge is -2.06. The number of nitrogens with one attached hydrogen (secondary N) is 1. The van der Waals surface area contributed by atoms with E-state index in [1.807, 2.05) is 6.07 Å². The van der Waals surface area contributed by atoms with Gasteiger partial charge in [-0.25, -0.2) is 4.68 Å². The first kappa shape index (κ1) is 12.2. The average molecular weight is 221 g/mol. The summed E-state index contributed by atoms with van der Waals surface area (Å²) in [6.07, 6.45) is 2.66. The molecule has 0 radical (unpaired) electrons. The molecule has 1 heterocycles. The number of rotatable bonds is 6. The molecule has 0 bridgehead atoms. The summed E-state index contributed by atoms with van der Waals surface area (Å²) >= 11 is 0. The molecular formula is C10H15N5O. The molecule has 6 heteroatoms. The molecule has 0 aromatic carbocycles. The second kappa shape index (κ2) is 6.58. The largest absolute Gasteiger partial charge is 0.382 e. The van der Waals surface area contributed by atoms with Crippen molar-refractivity contribution in [3.05, 3.63) is 22.6 Å². The molecule has 6 nitrogen and oxygen atoms in total. The van der Waals surface area contributed by atoms with Crippen LogP contribution in [0.2, 0.25) is 0 Å². The van der Waals surface area contributed by atoms with Gasteiger partial charge in [-0.2, -0.15) is 10.4 Å². The van der Waals surface area contributed by atoms with Crippen LogP contribution in [-0.4, -0.2) is 22.9 Å². The van der Waals surface area contributed by atoms with Crippen LogP contribution in [0.25, 0.3) is 0 Å². The fraction of sp³-hybridized carbons (Fsp3) is 0.500. The standard InChI is InChI=1S/C10H15N5O/c11-3-1-2-6-15-10(16)7-9(8-14-15)13-5-4-12/h7-8,13H,1-2,4-6,12H2. The van der Waals surface area contributed by atoms with Crippen LogP contribution in [0.4, 0.5) is 5.69 Å². The van der Waals surface area contributed by atoms with Gasteiger partial charge < -0.3 is 11.1 Å². The van der Waals surface area contributed by atoms with E-state index in [-0.39, 0.29) is 5.56 Å². The zero-order valence-corrected chi connectivity index (χ0v) is 9.02. The van der Waals surface area contributed by atoms with Gasteiger partial charge in [-0.05, 0) is 6.42 Å². The van der Waals surface area contributed by atoms with Crippen molar-refractivity contribution in [1.82, 2.24) is 9.78 Å². The smallest absolute Gasteiger partial charge is 0.268 e. The zero-order valence-electron chi connectivity index (χ0n) is 9.02. The number of anilines is 1. The summed E-state index contributed by atoms with van der Waals surface area (Å²) in [5.41, 5.74) is 5.83. The lowest BCUT2D eigenvalue weighted by atomic mass is 10.3. The molecule has 1 aromatic heterocycles. The van der Waals surface area contributed by atoms with Gasteiger partial charge in [0.2, 0.25) is 0 Å². The summed E-state index contributed by atoms with van der Waals surface area (Å²) in [4.78, 5) is 11.5. The van der Waals surface area contributed by atoms with E-state index in [2.05, 4.69) is 10.4 Å². The highest BCUT2D eigenvalue weighted by Crippen LogP contribution is 1.99. The maximum atomic E-state index is 11.5. The second-order valence-electron chi connectivity index (χ2n) is 3.28. The van der Waals surface area contributed by atoms with Crippen LogP contribution < -0.4 is 16.6 Å². The van der Waals surface area contributed by atoms with Crippen LogP contribution in [0.5, 0.6) is 0 Å². The van der Waals surface area contributed by atoms with Crippen LogP contribution in [0.3, 0.4) is 0 Å². The van der Waals surface area contributed by atoms with E-state index in [0.717, 1.165) is 0 Å². The highest BCUT2D eigenvalue weighted by Gasteiger charge is 1.99. The van der Waals surface area contributed by atoms with Gasteiger partial charge in [0.1, 0.15) is 0 Å². The highest BCUT2D eigenvalue weighted by atomic mass is 16.1. The van der Waals surface area contributed by atoms with Gasteiger partial charge in [0.25, 0.3) is 5.56 Å². The Bertz CT molecular complexity index is 420. The van der Waals surface area contributed by atoms with Crippen molar-refractivity contribution >= 4 is 5.69 Å². The fourth-order valence-corrected chi connectivity index (χ4v) is 1.22. The van der Waals surface area contributed by atoms with Gasteiger partial charge in [-0.3, -0.25) is 4.79 Å². The van der Waals surface area contributed by atoms with E-state index in [0.29, 0.717) is 38.2 Å². The van der Waals surface area contributed by atoms with Crippen molar-refractivity contribution in [2.75, 3.05) is 18.4 Å². The van der Waals surface area contributed by atoms with Crippen molar-refractivity contribution in [3.63, 3.8) is 0 Å². The van der Waals surface area contributed by atoms with E-state index in [1.165, 1.54) is 10.7 Å². The minimum absolute atomic E-state index is 0.167. The first-order chi connectivity index (χ1) is 7.77. The third-order valence-corrected chi connectivity index (χ3v) is 2.00. The summed E-state index contributed by atoms with van der Waals surface area (Å²) in [6, 6.07) is 3.51. The average Bonchev–Trinajstić information content (AvgIpc) is 2.29. The summed E-state index contributed by atoms with van der Waals surface area (Å²) < 4.78 is 1.35. The fourth-order valence-electron chi connectivity index (χ4n) is 1.22. The molecule has 3 N–H and O–H groups in total. The van der Waals surface area contributed by atoms with E-state index < -0.39 is 0 Å². The number of aryl methyl sites for hydroxylation is 1. The van der Waals surface area contributed by atoms with Crippen molar-refractivity contribution in [1.29, 1.82) is 5.26 Å². The minimum atomic E-state index is -0.167. The molecule has 1 aromatic rings. The Kier molecular flexibility index (Phi) is 5.02. The highest BCUT2D eigenvalue weighted by molar-refractivity contribution is 5.38. The quantitative estimate of drug-likeness (QED) is 0.655. The first-order valence-electron chi connectivity index (χ1n) is 5.16. The van der Waals surface area contributed by atoms with Crippen molar-refractivity contribution in [3.8, 4) is 6.07 Å². The Labute approximate surface area is 93.7 Å². The van der Waals surface area contributed by atoms with Gasteiger partial charge in [-0.15, -0.1) is 0 Å². The predicted molar refractivity (Wildman–Crippen MR) is 60.9 cm³/mol. The topological polar surface area (TPSA) is 96.7 Å². The third kappa shape index (κ3) is 3.71. The molecule has 0 aliphatic heterocycles. The number of unbranched alkanes of at least 4 members (excludes halogenated alkanes) is 1. The van der Waals surface area contributed by atoms with E-state index in [4.69, 9.17) is 11.0 Å². The lowest BCUT2D eigenvalue weighted by molar-refractivity contribution is 0.554. The third-order valence-electron chi connectivity index (χ3n) is 2.00. The molecule has 1 rings (SSSR count). The van der Waals surface area contributed by atoms with Crippen molar-refractivity contribution in [2.45, 2.75) is 19.4 Å². The van der Waals surface area contributed by atoms with Gasteiger partial charge in [0.15, 0.2) is 0 Å². The molecule has 0 unspecified atom stereocenters. The molecule has 0 aliphatic rings. The Hall–Kier alpha value is -1.87. The maximum absolute atomic E-state index is 11.5. The summed E-state index contributed by atoms with van der Waals surface area (Å²) in [6.45, 7) is 1.59. The number of aromatic nitrogens is 2. The van der Waals surface area contributed by atoms with E-state index in [9.17, 15) is 4.79 Å². The van der Waals surface area contributed by atoms with Crippen LogP contribution in [0.15, 0.2) is 17.1 Å². The van der Waals surface area contributed by atoms with Crippen LogP contribution in [-0.2, 0) is 6.54 Å². The number of hydrogen-bond donors (Lipinski definition) is 2. The molecule has 0 saturated heterocycles. The Balaban J connectivity index is 2.61. The van der Waals surface area contributed by atoms with E-state index >= 15 is 0 Å². The van der Waals surface area contributed by atoms with E-state index in [1.54, 1.807) is 6.20 Å².